The van der Waals surface area contributed by atoms with Crippen LogP contribution < -0.4 is 10.6 Å². The van der Waals surface area contributed by atoms with Crippen molar-refractivity contribution in [1.82, 2.24) is 9.97 Å². The van der Waals surface area contributed by atoms with E-state index in [0.717, 1.165) is 11.3 Å². The normalized spacial score (nSPS) is 11.4. The topological polar surface area (TPSA) is 87.6 Å². The summed E-state index contributed by atoms with van der Waals surface area (Å²) in [7, 11) is 1.83. The molecule has 19 heavy (non-hydrogen) atoms. The number of nitrogens with zero attached hydrogens (tertiary/aromatic N) is 4. The predicted octanol–water partition coefficient (Wildman–Crippen LogP) is 1.65. The van der Waals surface area contributed by atoms with Crippen LogP contribution in [0.5, 0.6) is 0 Å². The number of nitrogens with two attached hydrogens (primary N) is 1. The van der Waals surface area contributed by atoms with Gasteiger partial charge in [0.25, 0.3) is 0 Å². The largest absolute Gasteiger partial charge is 0.409 e. The molecule has 0 bridgehead atoms. The van der Waals surface area contributed by atoms with E-state index in [0.29, 0.717) is 11.5 Å². The molecule has 1 heterocycles. The van der Waals surface area contributed by atoms with E-state index in [2.05, 4.69) is 15.1 Å². The number of amidine groups is 1. The molecule has 0 radical (unpaired) electrons. The first-order valence-electron chi connectivity index (χ1n) is 5.73. The van der Waals surface area contributed by atoms with Crippen LogP contribution in [0.4, 0.5) is 11.6 Å². The van der Waals surface area contributed by atoms with Gasteiger partial charge in [-0.3, -0.25) is 0 Å². The molecular weight excluding hydrogens is 242 g/mol. The molecule has 0 saturated heterocycles. The number of aryl methyl sites for hydroxylation is 1. The summed E-state index contributed by atoms with van der Waals surface area (Å²) in [6.45, 7) is 1.92. The summed E-state index contributed by atoms with van der Waals surface area (Å²) >= 11 is 0. The van der Waals surface area contributed by atoms with Crippen molar-refractivity contribution < 1.29 is 5.21 Å². The molecule has 0 spiro atoms. The summed E-state index contributed by atoms with van der Waals surface area (Å²) in [5.41, 5.74) is 8.04. The molecule has 1 aromatic carbocycles. The van der Waals surface area contributed by atoms with E-state index in [-0.39, 0.29) is 5.84 Å². The zero-order valence-electron chi connectivity index (χ0n) is 10.8. The number of para-hydroxylation sites is 1. The lowest BCUT2D eigenvalue weighted by Crippen LogP contribution is -2.20. The number of rotatable bonds is 3. The quantitative estimate of drug-likeness (QED) is 0.378. The van der Waals surface area contributed by atoms with E-state index >= 15 is 0 Å². The molecule has 98 valence electrons. The van der Waals surface area contributed by atoms with Crippen molar-refractivity contribution in [1.29, 1.82) is 0 Å². The Balaban J connectivity index is 2.44. The Morgan fingerprint density at radius 1 is 1.26 bits per heavy atom. The molecule has 2 aromatic rings. The molecule has 2 rings (SSSR count). The molecule has 0 aliphatic rings. The maximum absolute atomic E-state index is 8.81. The van der Waals surface area contributed by atoms with Crippen LogP contribution in [0.1, 0.15) is 11.1 Å². The fraction of sp³-hybridized carbons (Fsp3) is 0.154. The third-order valence-electron chi connectivity index (χ3n) is 2.72. The van der Waals surface area contributed by atoms with E-state index in [4.69, 9.17) is 10.9 Å². The molecule has 6 heteroatoms. The predicted molar refractivity (Wildman–Crippen MR) is 73.8 cm³/mol. The van der Waals surface area contributed by atoms with Crippen molar-refractivity contribution in [2.45, 2.75) is 6.92 Å². The first-order chi connectivity index (χ1) is 9.13. The van der Waals surface area contributed by atoms with Gasteiger partial charge < -0.3 is 15.8 Å². The molecule has 0 amide bonds. The summed E-state index contributed by atoms with van der Waals surface area (Å²) in [4.78, 5) is 10.3. The Labute approximate surface area is 111 Å². The second kappa shape index (κ2) is 5.34. The second-order valence-corrected chi connectivity index (χ2v) is 4.12. The summed E-state index contributed by atoms with van der Waals surface area (Å²) < 4.78 is 0. The van der Waals surface area contributed by atoms with Gasteiger partial charge in [0.2, 0.25) is 5.95 Å². The van der Waals surface area contributed by atoms with Crippen LogP contribution in [0.3, 0.4) is 0 Å². The number of hydrogen-bond donors (Lipinski definition) is 2. The van der Waals surface area contributed by atoms with E-state index in [1.165, 1.54) is 0 Å². The molecule has 0 fully saturated rings. The minimum absolute atomic E-state index is 0.0505. The van der Waals surface area contributed by atoms with Gasteiger partial charge in [0.1, 0.15) is 0 Å². The van der Waals surface area contributed by atoms with E-state index in [9.17, 15) is 0 Å². The molecule has 0 atom stereocenters. The van der Waals surface area contributed by atoms with Gasteiger partial charge in [-0.15, -0.1) is 0 Å². The van der Waals surface area contributed by atoms with Crippen LogP contribution in [-0.4, -0.2) is 28.1 Å². The molecule has 6 nitrogen and oxygen atoms in total. The lowest BCUT2D eigenvalue weighted by molar-refractivity contribution is 0.318. The Kier molecular flexibility index (Phi) is 3.61. The highest BCUT2D eigenvalue weighted by atomic mass is 16.4. The third kappa shape index (κ3) is 2.62. The third-order valence-corrected chi connectivity index (χ3v) is 2.72. The average Bonchev–Trinajstić information content (AvgIpc) is 2.46. The highest BCUT2D eigenvalue weighted by Crippen LogP contribution is 2.24. The maximum Gasteiger partial charge on any atom is 0.229 e. The molecule has 0 unspecified atom stereocenters. The van der Waals surface area contributed by atoms with Crippen LogP contribution in [0.25, 0.3) is 0 Å². The van der Waals surface area contributed by atoms with E-state index in [1.807, 2.05) is 32.2 Å². The summed E-state index contributed by atoms with van der Waals surface area (Å²) in [6, 6.07) is 7.32. The van der Waals surface area contributed by atoms with Gasteiger partial charge in [-0.1, -0.05) is 17.3 Å². The fourth-order valence-corrected chi connectivity index (χ4v) is 1.70. The average molecular weight is 257 g/mol. The van der Waals surface area contributed by atoms with Crippen LogP contribution in [0.15, 0.2) is 41.8 Å². The summed E-state index contributed by atoms with van der Waals surface area (Å²) in [5.74, 6) is 0.596. The zero-order chi connectivity index (χ0) is 13.8. The number of hydrogen-bond acceptors (Lipinski definition) is 5. The molecule has 0 aliphatic carbocycles. The van der Waals surface area contributed by atoms with Gasteiger partial charge >= 0.3 is 0 Å². The lowest BCUT2D eigenvalue weighted by atomic mass is 10.1. The van der Waals surface area contributed by atoms with Crippen LogP contribution in [0, 0.1) is 6.92 Å². The van der Waals surface area contributed by atoms with Crippen LogP contribution in [0.2, 0.25) is 0 Å². The number of benzene rings is 1. The first kappa shape index (κ1) is 12.8. The van der Waals surface area contributed by atoms with Crippen molar-refractivity contribution in [2.75, 3.05) is 11.9 Å². The van der Waals surface area contributed by atoms with E-state index in [1.54, 1.807) is 23.4 Å². The van der Waals surface area contributed by atoms with Gasteiger partial charge in [-0.25, -0.2) is 9.97 Å². The van der Waals surface area contributed by atoms with Crippen LogP contribution >= 0.6 is 0 Å². The Hall–Kier alpha value is -2.63. The van der Waals surface area contributed by atoms with E-state index < -0.39 is 0 Å². The highest BCUT2D eigenvalue weighted by molar-refractivity contribution is 6.02. The smallest absolute Gasteiger partial charge is 0.229 e. The fourth-order valence-electron chi connectivity index (χ4n) is 1.70. The molecule has 0 aliphatic heterocycles. The van der Waals surface area contributed by atoms with Gasteiger partial charge in [-0.05, 0) is 24.6 Å². The summed E-state index contributed by atoms with van der Waals surface area (Å²) in [6.07, 6.45) is 3.48. The van der Waals surface area contributed by atoms with Crippen molar-refractivity contribution in [3.05, 3.63) is 47.8 Å². The molecule has 0 saturated carbocycles. The van der Waals surface area contributed by atoms with Crippen molar-refractivity contribution in [3.63, 3.8) is 0 Å². The number of anilines is 2. The van der Waals surface area contributed by atoms with Gasteiger partial charge in [0, 0.05) is 25.0 Å². The van der Waals surface area contributed by atoms with Gasteiger partial charge in [0.15, 0.2) is 5.84 Å². The maximum atomic E-state index is 8.81. The van der Waals surface area contributed by atoms with Gasteiger partial charge in [0.05, 0.1) is 5.69 Å². The lowest BCUT2D eigenvalue weighted by Gasteiger charge is -2.19. The van der Waals surface area contributed by atoms with Crippen molar-refractivity contribution >= 4 is 17.5 Å². The monoisotopic (exact) mass is 257 g/mol. The van der Waals surface area contributed by atoms with Crippen molar-refractivity contribution in [3.8, 4) is 0 Å². The molecular formula is C13H15N5O. The van der Waals surface area contributed by atoms with Gasteiger partial charge in [-0.2, -0.15) is 0 Å². The minimum atomic E-state index is 0.0505. The summed E-state index contributed by atoms with van der Waals surface area (Å²) in [5, 5.41) is 11.9. The molecule has 1 aromatic heterocycles. The Morgan fingerprint density at radius 2 is 1.89 bits per heavy atom. The number of oxime groups is 1. The standard InChI is InChI=1S/C13H15N5O/c1-9-7-15-13(16-8-9)18(2)11-6-4-3-5-10(11)12(14)17-19/h3-8,19H,1-2H3,(H2,14,17). The SMILES string of the molecule is Cc1cnc(N(C)c2ccccc2C(N)=NO)nc1. The Morgan fingerprint density at radius 3 is 2.53 bits per heavy atom. The Bertz CT molecular complexity index is 594. The first-order valence-corrected chi connectivity index (χ1v) is 5.73. The zero-order valence-corrected chi connectivity index (χ0v) is 10.8. The number of aromatic nitrogens is 2. The van der Waals surface area contributed by atoms with Crippen LogP contribution in [-0.2, 0) is 0 Å². The van der Waals surface area contributed by atoms with Crippen molar-refractivity contribution in [2.24, 2.45) is 10.9 Å². The highest BCUT2D eigenvalue weighted by Gasteiger charge is 2.13. The minimum Gasteiger partial charge on any atom is -0.409 e. The second-order valence-electron chi connectivity index (χ2n) is 4.12. The molecule has 3 N–H and O–H groups in total.